The normalized spacial score (nSPS) is 12.5. The third-order valence-corrected chi connectivity index (χ3v) is 2.34. The molecule has 1 aromatic rings. The molecule has 4 heteroatoms. The Hall–Kier alpha value is -1.09. The maximum atomic E-state index is 10.6. The van der Waals surface area contributed by atoms with Crippen molar-refractivity contribution in [1.82, 2.24) is 4.98 Å². The molecule has 0 aliphatic carbocycles. The van der Waals surface area contributed by atoms with Gasteiger partial charge in [-0.25, -0.2) is 4.98 Å². The fourth-order valence-electron chi connectivity index (χ4n) is 1.12. The number of rotatable bonds is 3. The van der Waals surface area contributed by atoms with Crippen LogP contribution in [0.25, 0.3) is 0 Å². The van der Waals surface area contributed by atoms with Crippen LogP contribution in [-0.2, 0) is 11.2 Å². The summed E-state index contributed by atoms with van der Waals surface area (Å²) in [5, 5.41) is 9.13. The highest BCUT2D eigenvalue weighted by atomic mass is 35.5. The number of aliphatic carboxylic acids is 1. The van der Waals surface area contributed by atoms with E-state index in [1.165, 1.54) is 0 Å². The van der Waals surface area contributed by atoms with Gasteiger partial charge in [-0.1, -0.05) is 24.6 Å². The molecule has 0 amide bonds. The van der Waals surface area contributed by atoms with Crippen molar-refractivity contribution in [2.75, 3.05) is 0 Å². The number of halogens is 1. The fourth-order valence-corrected chi connectivity index (χ4v) is 1.40. The Morgan fingerprint density at radius 2 is 2.29 bits per heavy atom. The number of nitrogens with zero attached hydrogens (tertiary/aromatic N) is 1. The standard InChI is InChI=1S/C10H12ClNO2/c1-6(10(13)14)5-8-4-3-7(2)12-9(8)11/h3-4,6H,5H2,1-2H3,(H,13,14). The van der Waals surface area contributed by atoms with E-state index < -0.39 is 11.9 Å². The minimum atomic E-state index is -0.818. The van der Waals surface area contributed by atoms with Crippen LogP contribution in [0, 0.1) is 12.8 Å². The van der Waals surface area contributed by atoms with E-state index in [0.717, 1.165) is 11.3 Å². The van der Waals surface area contributed by atoms with E-state index in [0.29, 0.717) is 11.6 Å². The molecule has 1 N–H and O–H groups in total. The number of carboxylic acid groups (broad SMARTS) is 1. The first-order valence-corrected chi connectivity index (χ1v) is 4.73. The van der Waals surface area contributed by atoms with Crippen molar-refractivity contribution in [3.63, 3.8) is 0 Å². The van der Waals surface area contributed by atoms with Gasteiger partial charge < -0.3 is 5.11 Å². The van der Waals surface area contributed by atoms with Gasteiger partial charge in [0.1, 0.15) is 5.15 Å². The molecule has 1 heterocycles. The highest BCUT2D eigenvalue weighted by Gasteiger charge is 2.13. The number of carbonyl (C=O) groups is 1. The van der Waals surface area contributed by atoms with Crippen molar-refractivity contribution < 1.29 is 9.90 Å². The minimum Gasteiger partial charge on any atom is -0.481 e. The second kappa shape index (κ2) is 4.42. The summed E-state index contributed by atoms with van der Waals surface area (Å²) in [5.74, 6) is -1.25. The Morgan fingerprint density at radius 3 is 2.79 bits per heavy atom. The summed E-state index contributed by atoms with van der Waals surface area (Å²) in [6.45, 7) is 3.49. The van der Waals surface area contributed by atoms with Crippen molar-refractivity contribution in [1.29, 1.82) is 0 Å². The highest BCUT2D eigenvalue weighted by molar-refractivity contribution is 6.30. The lowest BCUT2D eigenvalue weighted by Crippen LogP contribution is -2.12. The van der Waals surface area contributed by atoms with Crippen molar-refractivity contribution in [2.24, 2.45) is 5.92 Å². The van der Waals surface area contributed by atoms with E-state index >= 15 is 0 Å². The molecular formula is C10H12ClNO2. The lowest BCUT2D eigenvalue weighted by molar-refractivity contribution is -0.141. The molecule has 1 atom stereocenters. The molecule has 0 saturated carbocycles. The van der Waals surface area contributed by atoms with E-state index in [-0.39, 0.29) is 0 Å². The number of aryl methyl sites for hydroxylation is 1. The zero-order valence-corrected chi connectivity index (χ0v) is 8.88. The summed E-state index contributed by atoms with van der Waals surface area (Å²) < 4.78 is 0. The van der Waals surface area contributed by atoms with Crippen LogP contribution in [0.3, 0.4) is 0 Å². The topological polar surface area (TPSA) is 50.2 Å². The van der Waals surface area contributed by atoms with E-state index in [1.807, 2.05) is 19.1 Å². The van der Waals surface area contributed by atoms with Gasteiger partial charge in [-0.2, -0.15) is 0 Å². The Labute approximate surface area is 87.7 Å². The largest absolute Gasteiger partial charge is 0.481 e. The van der Waals surface area contributed by atoms with Gasteiger partial charge in [0.2, 0.25) is 0 Å². The molecule has 1 rings (SSSR count). The van der Waals surface area contributed by atoms with Crippen LogP contribution in [0.4, 0.5) is 0 Å². The number of hydrogen-bond acceptors (Lipinski definition) is 2. The quantitative estimate of drug-likeness (QED) is 0.784. The lowest BCUT2D eigenvalue weighted by Gasteiger charge is -2.07. The summed E-state index contributed by atoms with van der Waals surface area (Å²) in [7, 11) is 0. The van der Waals surface area contributed by atoms with Gasteiger partial charge in [-0.15, -0.1) is 0 Å². The number of hydrogen-bond donors (Lipinski definition) is 1. The van der Waals surface area contributed by atoms with E-state index in [1.54, 1.807) is 6.92 Å². The van der Waals surface area contributed by atoms with Gasteiger partial charge >= 0.3 is 5.97 Å². The minimum absolute atomic E-state index is 0.401. The Kier molecular flexibility index (Phi) is 3.47. The Bertz CT molecular complexity index is 352. The molecule has 0 fully saturated rings. The van der Waals surface area contributed by atoms with Crippen LogP contribution < -0.4 is 0 Å². The molecule has 0 aliphatic heterocycles. The van der Waals surface area contributed by atoms with Gasteiger partial charge in [0.15, 0.2) is 0 Å². The molecule has 1 aromatic heterocycles. The van der Waals surface area contributed by atoms with E-state index in [9.17, 15) is 4.79 Å². The molecular weight excluding hydrogens is 202 g/mol. The van der Waals surface area contributed by atoms with Crippen molar-refractivity contribution in [3.8, 4) is 0 Å². The maximum absolute atomic E-state index is 10.6. The SMILES string of the molecule is Cc1ccc(CC(C)C(=O)O)c(Cl)n1. The number of pyridine rings is 1. The molecule has 0 radical (unpaired) electrons. The molecule has 0 aliphatic rings. The van der Waals surface area contributed by atoms with Crippen molar-refractivity contribution >= 4 is 17.6 Å². The molecule has 14 heavy (non-hydrogen) atoms. The summed E-state index contributed by atoms with van der Waals surface area (Å²) in [6.07, 6.45) is 0.418. The maximum Gasteiger partial charge on any atom is 0.306 e. The second-order valence-electron chi connectivity index (χ2n) is 3.35. The first kappa shape index (κ1) is 11.0. The first-order chi connectivity index (χ1) is 6.50. The molecule has 0 aromatic carbocycles. The average Bonchev–Trinajstić information content (AvgIpc) is 2.09. The zero-order chi connectivity index (χ0) is 10.7. The Morgan fingerprint density at radius 1 is 1.64 bits per heavy atom. The smallest absolute Gasteiger partial charge is 0.306 e. The molecule has 76 valence electrons. The first-order valence-electron chi connectivity index (χ1n) is 4.35. The van der Waals surface area contributed by atoms with Crippen LogP contribution >= 0.6 is 11.6 Å². The van der Waals surface area contributed by atoms with Crippen LogP contribution in [0.5, 0.6) is 0 Å². The molecule has 3 nitrogen and oxygen atoms in total. The summed E-state index contributed by atoms with van der Waals surface area (Å²) in [6, 6.07) is 3.65. The van der Waals surface area contributed by atoms with E-state index in [2.05, 4.69) is 4.98 Å². The van der Waals surface area contributed by atoms with E-state index in [4.69, 9.17) is 16.7 Å². The van der Waals surface area contributed by atoms with Crippen molar-refractivity contribution in [2.45, 2.75) is 20.3 Å². The zero-order valence-electron chi connectivity index (χ0n) is 8.12. The van der Waals surface area contributed by atoms with Crippen LogP contribution in [0.1, 0.15) is 18.2 Å². The van der Waals surface area contributed by atoms with Gasteiger partial charge in [0.25, 0.3) is 0 Å². The predicted octanol–water partition coefficient (Wildman–Crippen LogP) is 2.31. The van der Waals surface area contributed by atoms with Gasteiger partial charge in [0, 0.05) is 5.69 Å². The third kappa shape index (κ3) is 2.70. The van der Waals surface area contributed by atoms with Crippen molar-refractivity contribution in [3.05, 3.63) is 28.5 Å². The third-order valence-electron chi connectivity index (χ3n) is 2.01. The highest BCUT2D eigenvalue weighted by Crippen LogP contribution is 2.17. The second-order valence-corrected chi connectivity index (χ2v) is 3.70. The molecule has 1 unspecified atom stereocenters. The predicted molar refractivity (Wildman–Crippen MR) is 54.5 cm³/mol. The van der Waals surface area contributed by atoms with Gasteiger partial charge in [0.05, 0.1) is 5.92 Å². The Balaban J connectivity index is 2.82. The van der Waals surface area contributed by atoms with Gasteiger partial charge in [-0.05, 0) is 25.0 Å². The van der Waals surface area contributed by atoms with Crippen LogP contribution in [0.15, 0.2) is 12.1 Å². The molecule has 0 bridgehead atoms. The fraction of sp³-hybridized carbons (Fsp3) is 0.400. The summed E-state index contributed by atoms with van der Waals surface area (Å²) in [5.41, 5.74) is 1.62. The number of carboxylic acids is 1. The summed E-state index contributed by atoms with van der Waals surface area (Å²) >= 11 is 5.87. The van der Waals surface area contributed by atoms with Crippen LogP contribution in [-0.4, -0.2) is 16.1 Å². The summed E-state index contributed by atoms with van der Waals surface area (Å²) in [4.78, 5) is 14.7. The van der Waals surface area contributed by atoms with Crippen LogP contribution in [0.2, 0.25) is 5.15 Å². The number of aromatic nitrogens is 1. The molecule has 0 spiro atoms. The van der Waals surface area contributed by atoms with Gasteiger partial charge in [-0.3, -0.25) is 4.79 Å². The average molecular weight is 214 g/mol. The lowest BCUT2D eigenvalue weighted by atomic mass is 10.0. The molecule has 0 saturated heterocycles. The monoisotopic (exact) mass is 213 g/mol.